The van der Waals surface area contributed by atoms with Crippen LogP contribution >= 0.6 is 11.6 Å². The van der Waals surface area contributed by atoms with E-state index in [0.29, 0.717) is 0 Å². The highest BCUT2D eigenvalue weighted by atomic mass is 35.5. The summed E-state index contributed by atoms with van der Waals surface area (Å²) in [7, 11) is 0. The Morgan fingerprint density at radius 1 is 1.38 bits per heavy atom. The molecular formula is C10H9ClN2. The van der Waals surface area contributed by atoms with Gasteiger partial charge in [0.2, 0.25) is 0 Å². The van der Waals surface area contributed by atoms with Crippen molar-refractivity contribution in [1.29, 1.82) is 0 Å². The maximum Gasteiger partial charge on any atom is 0.0566 e. The number of rotatable bonds is 1. The summed E-state index contributed by atoms with van der Waals surface area (Å²) in [5, 5.41) is 7.41. The molecule has 1 heterocycles. The molecule has 0 bridgehead atoms. The van der Waals surface area contributed by atoms with E-state index in [4.69, 9.17) is 11.6 Å². The molecule has 0 atom stereocenters. The minimum Gasteiger partial charge on any atom is -0.285 e. The molecule has 0 saturated heterocycles. The second-order valence-corrected chi connectivity index (χ2v) is 3.38. The second kappa shape index (κ2) is 3.23. The molecule has 0 aliphatic heterocycles. The molecule has 3 heteroatoms. The van der Waals surface area contributed by atoms with Gasteiger partial charge in [0.15, 0.2) is 0 Å². The fourth-order valence-corrected chi connectivity index (χ4v) is 1.49. The Balaban J connectivity index is 2.57. The van der Waals surface area contributed by atoms with Gasteiger partial charge in [0.1, 0.15) is 0 Å². The molecule has 1 N–H and O–H groups in total. The van der Waals surface area contributed by atoms with Crippen LogP contribution in [0.25, 0.3) is 11.1 Å². The summed E-state index contributed by atoms with van der Waals surface area (Å²) >= 11 is 6.05. The smallest absolute Gasteiger partial charge is 0.0566 e. The topological polar surface area (TPSA) is 28.7 Å². The molecule has 0 spiro atoms. The zero-order chi connectivity index (χ0) is 9.26. The molecule has 2 nitrogen and oxygen atoms in total. The van der Waals surface area contributed by atoms with Crippen molar-refractivity contribution in [3.8, 4) is 11.1 Å². The SMILES string of the molecule is Cc1ccc(Cl)c(-c2cn[nH]c2)c1. The van der Waals surface area contributed by atoms with Crippen molar-refractivity contribution < 1.29 is 0 Å². The van der Waals surface area contributed by atoms with Crippen molar-refractivity contribution in [1.82, 2.24) is 10.2 Å². The van der Waals surface area contributed by atoms with Crippen LogP contribution in [0.5, 0.6) is 0 Å². The van der Waals surface area contributed by atoms with Crippen LogP contribution in [0.3, 0.4) is 0 Å². The number of nitrogens with one attached hydrogen (secondary N) is 1. The molecule has 0 unspecified atom stereocenters. The third-order valence-electron chi connectivity index (χ3n) is 1.93. The van der Waals surface area contributed by atoms with E-state index in [2.05, 4.69) is 10.2 Å². The average molecular weight is 193 g/mol. The van der Waals surface area contributed by atoms with Gasteiger partial charge in [-0.05, 0) is 19.1 Å². The minimum absolute atomic E-state index is 0.756. The molecule has 13 heavy (non-hydrogen) atoms. The highest BCUT2D eigenvalue weighted by Gasteiger charge is 2.03. The Labute approximate surface area is 81.6 Å². The number of H-pyrrole nitrogens is 1. The Morgan fingerprint density at radius 2 is 2.23 bits per heavy atom. The van der Waals surface area contributed by atoms with Crippen molar-refractivity contribution in [2.45, 2.75) is 6.92 Å². The second-order valence-electron chi connectivity index (χ2n) is 2.97. The zero-order valence-electron chi connectivity index (χ0n) is 7.21. The van der Waals surface area contributed by atoms with E-state index in [0.717, 1.165) is 16.1 Å². The number of hydrogen-bond acceptors (Lipinski definition) is 1. The molecule has 2 rings (SSSR count). The van der Waals surface area contributed by atoms with Crippen molar-refractivity contribution in [3.05, 3.63) is 41.2 Å². The van der Waals surface area contributed by atoms with Gasteiger partial charge in [-0.15, -0.1) is 0 Å². The first-order chi connectivity index (χ1) is 6.27. The van der Waals surface area contributed by atoms with E-state index in [9.17, 15) is 0 Å². The fourth-order valence-electron chi connectivity index (χ4n) is 1.26. The van der Waals surface area contributed by atoms with Crippen LogP contribution in [-0.2, 0) is 0 Å². The molecule has 0 amide bonds. The normalized spacial score (nSPS) is 10.3. The summed E-state index contributed by atoms with van der Waals surface area (Å²) < 4.78 is 0. The highest BCUT2D eigenvalue weighted by molar-refractivity contribution is 6.33. The van der Waals surface area contributed by atoms with Gasteiger partial charge in [0.25, 0.3) is 0 Å². The van der Waals surface area contributed by atoms with Gasteiger partial charge in [-0.2, -0.15) is 5.10 Å². The molecule has 2 aromatic rings. The van der Waals surface area contributed by atoms with E-state index in [1.807, 2.05) is 31.3 Å². The van der Waals surface area contributed by atoms with E-state index >= 15 is 0 Å². The van der Waals surface area contributed by atoms with Gasteiger partial charge in [-0.25, -0.2) is 0 Å². The molecule has 0 aliphatic carbocycles. The van der Waals surface area contributed by atoms with Gasteiger partial charge in [-0.3, -0.25) is 5.10 Å². The highest BCUT2D eigenvalue weighted by Crippen LogP contribution is 2.27. The molecule has 1 aromatic heterocycles. The number of aromatic amines is 1. The molecular weight excluding hydrogens is 184 g/mol. The molecule has 0 aliphatic rings. The Hall–Kier alpha value is -1.28. The van der Waals surface area contributed by atoms with E-state index < -0.39 is 0 Å². The lowest BCUT2D eigenvalue weighted by atomic mass is 10.1. The third kappa shape index (κ3) is 1.58. The fraction of sp³-hybridized carbons (Fsp3) is 0.100. The molecule has 0 radical (unpaired) electrons. The number of nitrogens with zero attached hydrogens (tertiary/aromatic N) is 1. The minimum atomic E-state index is 0.756. The Kier molecular flexibility index (Phi) is 2.07. The predicted octanol–water partition coefficient (Wildman–Crippen LogP) is 3.04. The van der Waals surface area contributed by atoms with Crippen LogP contribution in [0.15, 0.2) is 30.6 Å². The standard InChI is InChI=1S/C10H9ClN2/c1-7-2-3-10(11)9(4-7)8-5-12-13-6-8/h2-6H,1H3,(H,12,13). The van der Waals surface area contributed by atoms with Gasteiger partial charge in [0, 0.05) is 22.3 Å². The number of hydrogen-bond donors (Lipinski definition) is 1. The summed E-state index contributed by atoms with van der Waals surface area (Å²) in [5.41, 5.74) is 3.24. The van der Waals surface area contributed by atoms with Gasteiger partial charge >= 0.3 is 0 Å². The lowest BCUT2D eigenvalue weighted by Crippen LogP contribution is -1.78. The number of halogens is 1. The maximum absolute atomic E-state index is 6.05. The molecule has 0 fully saturated rings. The summed E-state index contributed by atoms with van der Waals surface area (Å²) in [6, 6.07) is 5.94. The van der Waals surface area contributed by atoms with E-state index in [-0.39, 0.29) is 0 Å². The average Bonchev–Trinajstić information content (AvgIpc) is 2.61. The molecule has 0 saturated carbocycles. The summed E-state index contributed by atoms with van der Waals surface area (Å²) in [5.74, 6) is 0. The molecule has 1 aromatic carbocycles. The van der Waals surface area contributed by atoms with Crippen LogP contribution in [-0.4, -0.2) is 10.2 Å². The van der Waals surface area contributed by atoms with Crippen LogP contribution in [0.4, 0.5) is 0 Å². The van der Waals surface area contributed by atoms with Gasteiger partial charge < -0.3 is 0 Å². The van der Waals surface area contributed by atoms with Crippen molar-refractivity contribution in [2.24, 2.45) is 0 Å². The maximum atomic E-state index is 6.05. The van der Waals surface area contributed by atoms with Gasteiger partial charge in [0.05, 0.1) is 6.20 Å². The Morgan fingerprint density at radius 3 is 2.92 bits per heavy atom. The summed E-state index contributed by atoms with van der Waals surface area (Å²) in [4.78, 5) is 0. The number of benzene rings is 1. The van der Waals surface area contributed by atoms with Crippen molar-refractivity contribution >= 4 is 11.6 Å². The van der Waals surface area contributed by atoms with E-state index in [1.54, 1.807) is 6.20 Å². The van der Waals surface area contributed by atoms with Crippen LogP contribution in [0.2, 0.25) is 5.02 Å². The Bertz CT molecular complexity index is 407. The number of aryl methyl sites for hydroxylation is 1. The van der Waals surface area contributed by atoms with Crippen molar-refractivity contribution in [3.63, 3.8) is 0 Å². The first kappa shape index (κ1) is 8.32. The lowest BCUT2D eigenvalue weighted by molar-refractivity contribution is 1.09. The van der Waals surface area contributed by atoms with Crippen LogP contribution in [0.1, 0.15) is 5.56 Å². The van der Waals surface area contributed by atoms with Gasteiger partial charge in [-0.1, -0.05) is 23.2 Å². The first-order valence-electron chi connectivity index (χ1n) is 4.02. The summed E-state index contributed by atoms with van der Waals surface area (Å²) in [6.07, 6.45) is 3.60. The summed E-state index contributed by atoms with van der Waals surface area (Å²) in [6.45, 7) is 2.04. The zero-order valence-corrected chi connectivity index (χ0v) is 7.97. The predicted molar refractivity (Wildman–Crippen MR) is 53.8 cm³/mol. The first-order valence-corrected chi connectivity index (χ1v) is 4.40. The monoisotopic (exact) mass is 192 g/mol. The lowest BCUT2D eigenvalue weighted by Gasteiger charge is -2.01. The van der Waals surface area contributed by atoms with Crippen LogP contribution < -0.4 is 0 Å². The van der Waals surface area contributed by atoms with E-state index in [1.165, 1.54) is 5.56 Å². The number of aromatic nitrogens is 2. The van der Waals surface area contributed by atoms with Crippen LogP contribution in [0, 0.1) is 6.92 Å². The largest absolute Gasteiger partial charge is 0.285 e. The quantitative estimate of drug-likeness (QED) is 0.739. The van der Waals surface area contributed by atoms with Crippen molar-refractivity contribution in [2.75, 3.05) is 0 Å². The molecule has 66 valence electrons. The third-order valence-corrected chi connectivity index (χ3v) is 2.26.